The van der Waals surface area contributed by atoms with Crippen molar-refractivity contribution in [1.29, 1.82) is 0 Å². The van der Waals surface area contributed by atoms with Crippen molar-refractivity contribution in [2.24, 2.45) is 0 Å². The fourth-order valence-electron chi connectivity index (χ4n) is 1.97. The standard InChI is InChI=1S/C17H28O3/c1-3-4-5-6-7-8-13-19-15(2)14-20-17-11-9-16(18)10-12-17/h9-12,15,18H,3-8,13-14H2,1-2H3. The van der Waals surface area contributed by atoms with Crippen LogP contribution < -0.4 is 4.74 Å². The Balaban J connectivity index is 2.00. The molecule has 0 amide bonds. The average Bonchev–Trinajstić information content (AvgIpc) is 2.46. The molecular weight excluding hydrogens is 252 g/mol. The van der Waals surface area contributed by atoms with Crippen molar-refractivity contribution < 1.29 is 14.6 Å². The SMILES string of the molecule is CCCCCCCCOC(C)COc1ccc(O)cc1. The summed E-state index contributed by atoms with van der Waals surface area (Å²) in [5.74, 6) is 1.02. The second-order valence-corrected chi connectivity index (χ2v) is 5.25. The average molecular weight is 280 g/mol. The van der Waals surface area contributed by atoms with Crippen LogP contribution in [0.2, 0.25) is 0 Å². The van der Waals surface area contributed by atoms with E-state index < -0.39 is 0 Å². The number of benzene rings is 1. The Morgan fingerprint density at radius 3 is 2.35 bits per heavy atom. The van der Waals surface area contributed by atoms with Crippen molar-refractivity contribution >= 4 is 0 Å². The molecule has 0 aromatic heterocycles. The zero-order valence-corrected chi connectivity index (χ0v) is 12.8. The fraction of sp³-hybridized carbons (Fsp3) is 0.647. The first-order valence-electron chi connectivity index (χ1n) is 7.75. The molecular formula is C17H28O3. The fourth-order valence-corrected chi connectivity index (χ4v) is 1.97. The molecule has 1 atom stereocenters. The lowest BCUT2D eigenvalue weighted by molar-refractivity contribution is 0.0302. The number of hydrogen-bond donors (Lipinski definition) is 1. The quantitative estimate of drug-likeness (QED) is 0.605. The van der Waals surface area contributed by atoms with Crippen LogP contribution in [0.4, 0.5) is 0 Å². The summed E-state index contributed by atoms with van der Waals surface area (Å²) in [5.41, 5.74) is 0. The molecule has 3 heteroatoms. The van der Waals surface area contributed by atoms with Gasteiger partial charge in [0.25, 0.3) is 0 Å². The molecule has 1 unspecified atom stereocenters. The van der Waals surface area contributed by atoms with E-state index in [1.54, 1.807) is 24.3 Å². The molecule has 0 radical (unpaired) electrons. The van der Waals surface area contributed by atoms with Gasteiger partial charge in [0.05, 0.1) is 6.10 Å². The highest BCUT2D eigenvalue weighted by Crippen LogP contribution is 2.16. The van der Waals surface area contributed by atoms with Crippen LogP contribution in [0, 0.1) is 0 Å². The summed E-state index contributed by atoms with van der Waals surface area (Å²) in [6.07, 6.45) is 7.78. The third-order valence-corrected chi connectivity index (χ3v) is 3.22. The van der Waals surface area contributed by atoms with Crippen molar-refractivity contribution in [3.63, 3.8) is 0 Å². The topological polar surface area (TPSA) is 38.7 Å². The Morgan fingerprint density at radius 1 is 1.00 bits per heavy atom. The molecule has 0 spiro atoms. The first-order valence-corrected chi connectivity index (χ1v) is 7.75. The zero-order valence-electron chi connectivity index (χ0n) is 12.8. The van der Waals surface area contributed by atoms with E-state index in [4.69, 9.17) is 9.47 Å². The summed E-state index contributed by atoms with van der Waals surface area (Å²) in [7, 11) is 0. The molecule has 0 bridgehead atoms. The molecule has 0 aliphatic rings. The van der Waals surface area contributed by atoms with E-state index in [1.807, 2.05) is 6.92 Å². The number of hydrogen-bond acceptors (Lipinski definition) is 3. The first-order chi connectivity index (χ1) is 9.72. The van der Waals surface area contributed by atoms with E-state index in [0.717, 1.165) is 18.8 Å². The highest BCUT2D eigenvalue weighted by Gasteiger charge is 2.03. The van der Waals surface area contributed by atoms with Crippen LogP contribution >= 0.6 is 0 Å². The van der Waals surface area contributed by atoms with Gasteiger partial charge in [0, 0.05) is 6.61 Å². The molecule has 0 aliphatic carbocycles. The predicted octanol–water partition coefficient (Wildman–Crippen LogP) is 4.54. The second kappa shape index (κ2) is 10.6. The molecule has 0 saturated heterocycles. The molecule has 3 nitrogen and oxygen atoms in total. The molecule has 20 heavy (non-hydrogen) atoms. The number of phenols is 1. The maximum atomic E-state index is 9.17. The second-order valence-electron chi connectivity index (χ2n) is 5.25. The van der Waals surface area contributed by atoms with Crippen LogP contribution in [-0.2, 0) is 4.74 Å². The molecule has 1 aromatic carbocycles. The van der Waals surface area contributed by atoms with E-state index in [-0.39, 0.29) is 11.9 Å². The summed E-state index contributed by atoms with van der Waals surface area (Å²) in [4.78, 5) is 0. The molecule has 1 aromatic rings. The molecule has 1 rings (SSSR count). The molecule has 1 N–H and O–H groups in total. The Bertz CT molecular complexity index is 335. The Labute approximate surface area is 122 Å². The van der Waals surface area contributed by atoms with E-state index in [1.165, 1.54) is 32.1 Å². The van der Waals surface area contributed by atoms with E-state index in [0.29, 0.717) is 6.61 Å². The van der Waals surface area contributed by atoms with Crippen LogP contribution in [0.5, 0.6) is 11.5 Å². The van der Waals surface area contributed by atoms with E-state index in [9.17, 15) is 5.11 Å². The van der Waals surface area contributed by atoms with Crippen molar-refractivity contribution in [2.45, 2.75) is 58.5 Å². The van der Waals surface area contributed by atoms with Crippen LogP contribution in [0.3, 0.4) is 0 Å². The van der Waals surface area contributed by atoms with Gasteiger partial charge in [-0.05, 0) is 37.6 Å². The zero-order chi connectivity index (χ0) is 14.6. The summed E-state index contributed by atoms with van der Waals surface area (Å²) >= 11 is 0. The Morgan fingerprint density at radius 2 is 1.65 bits per heavy atom. The van der Waals surface area contributed by atoms with E-state index >= 15 is 0 Å². The van der Waals surface area contributed by atoms with Gasteiger partial charge in [-0.2, -0.15) is 0 Å². The predicted molar refractivity (Wildman–Crippen MR) is 82.4 cm³/mol. The third kappa shape index (κ3) is 8.05. The maximum absolute atomic E-state index is 9.17. The molecule has 0 fully saturated rings. The van der Waals surface area contributed by atoms with Gasteiger partial charge in [-0.3, -0.25) is 0 Å². The van der Waals surface area contributed by atoms with Gasteiger partial charge in [-0.25, -0.2) is 0 Å². The normalized spacial score (nSPS) is 12.3. The highest BCUT2D eigenvalue weighted by molar-refractivity contribution is 5.30. The number of ether oxygens (including phenoxy) is 2. The van der Waals surface area contributed by atoms with Gasteiger partial charge < -0.3 is 14.6 Å². The van der Waals surface area contributed by atoms with Crippen LogP contribution in [0.15, 0.2) is 24.3 Å². The number of unbranched alkanes of at least 4 members (excludes halogenated alkanes) is 5. The van der Waals surface area contributed by atoms with E-state index in [2.05, 4.69) is 6.92 Å². The monoisotopic (exact) mass is 280 g/mol. The molecule has 0 aliphatic heterocycles. The van der Waals surface area contributed by atoms with Crippen LogP contribution in [0.1, 0.15) is 52.4 Å². The molecule has 0 saturated carbocycles. The molecule has 114 valence electrons. The Hall–Kier alpha value is -1.22. The first kappa shape index (κ1) is 16.8. The van der Waals surface area contributed by atoms with Gasteiger partial charge in [0.1, 0.15) is 18.1 Å². The lowest BCUT2D eigenvalue weighted by atomic mass is 10.1. The van der Waals surface area contributed by atoms with Crippen molar-refractivity contribution in [3.8, 4) is 11.5 Å². The maximum Gasteiger partial charge on any atom is 0.119 e. The van der Waals surface area contributed by atoms with Crippen molar-refractivity contribution in [2.75, 3.05) is 13.2 Å². The number of aromatic hydroxyl groups is 1. The number of rotatable bonds is 11. The largest absolute Gasteiger partial charge is 0.508 e. The van der Waals surface area contributed by atoms with Crippen LogP contribution in [0.25, 0.3) is 0 Å². The van der Waals surface area contributed by atoms with Crippen LogP contribution in [-0.4, -0.2) is 24.4 Å². The lowest BCUT2D eigenvalue weighted by Crippen LogP contribution is -2.18. The molecule has 0 heterocycles. The summed E-state index contributed by atoms with van der Waals surface area (Å²) in [5, 5.41) is 9.17. The van der Waals surface area contributed by atoms with Crippen molar-refractivity contribution in [3.05, 3.63) is 24.3 Å². The van der Waals surface area contributed by atoms with Gasteiger partial charge in [-0.15, -0.1) is 0 Å². The Kier molecular flexibility index (Phi) is 8.88. The smallest absolute Gasteiger partial charge is 0.119 e. The third-order valence-electron chi connectivity index (χ3n) is 3.22. The summed E-state index contributed by atoms with van der Waals surface area (Å²) < 4.78 is 11.3. The van der Waals surface area contributed by atoms with Gasteiger partial charge in [0.2, 0.25) is 0 Å². The summed E-state index contributed by atoms with van der Waals surface area (Å²) in [6, 6.07) is 6.76. The highest BCUT2D eigenvalue weighted by atomic mass is 16.5. The number of phenolic OH excluding ortho intramolecular Hbond substituents is 1. The minimum Gasteiger partial charge on any atom is -0.508 e. The minimum atomic E-state index is 0.0967. The van der Waals surface area contributed by atoms with Gasteiger partial charge in [0.15, 0.2) is 0 Å². The van der Waals surface area contributed by atoms with Gasteiger partial charge in [-0.1, -0.05) is 39.0 Å². The lowest BCUT2D eigenvalue weighted by Gasteiger charge is -2.14. The summed E-state index contributed by atoms with van der Waals surface area (Å²) in [6.45, 7) is 5.61. The van der Waals surface area contributed by atoms with Gasteiger partial charge >= 0.3 is 0 Å². The minimum absolute atomic E-state index is 0.0967. The van der Waals surface area contributed by atoms with Crippen molar-refractivity contribution in [1.82, 2.24) is 0 Å².